The molecule has 2 aromatic rings. The fourth-order valence-electron chi connectivity index (χ4n) is 2.72. The first kappa shape index (κ1) is 16.2. The molecule has 2 aromatic carbocycles. The molecule has 1 aliphatic rings. The number of rotatable bonds is 5. The van der Waals surface area contributed by atoms with Crippen LogP contribution in [0.25, 0.3) is 0 Å². The van der Waals surface area contributed by atoms with Crippen molar-refractivity contribution >= 4 is 11.7 Å². The maximum absolute atomic E-state index is 13.0. The van der Waals surface area contributed by atoms with Crippen LogP contribution in [0.5, 0.6) is 5.75 Å². The number of benzene rings is 2. The highest BCUT2D eigenvalue weighted by Gasteiger charge is 2.40. The molecule has 0 spiro atoms. The maximum atomic E-state index is 13.0. The van der Waals surface area contributed by atoms with Crippen LogP contribution in [-0.4, -0.2) is 18.8 Å². The zero-order chi connectivity index (χ0) is 17.1. The second-order valence-corrected chi connectivity index (χ2v) is 5.84. The molecule has 1 fully saturated rings. The van der Waals surface area contributed by atoms with Crippen molar-refractivity contribution in [3.05, 3.63) is 65.5 Å². The van der Waals surface area contributed by atoms with E-state index < -0.39 is 5.97 Å². The fourth-order valence-corrected chi connectivity index (χ4v) is 2.72. The number of methoxy groups -OCH3 is 1. The molecule has 0 aliphatic heterocycles. The summed E-state index contributed by atoms with van der Waals surface area (Å²) in [6, 6.07) is 13.2. The van der Waals surface area contributed by atoms with Gasteiger partial charge in [-0.3, -0.25) is 0 Å². The monoisotopic (exact) mass is 327 g/mol. The first-order chi connectivity index (χ1) is 11.6. The second kappa shape index (κ2) is 6.83. The summed E-state index contributed by atoms with van der Waals surface area (Å²) in [6.45, 7) is 1.84. The molecule has 1 aliphatic carbocycles. The molecule has 0 saturated heterocycles. The average molecular weight is 327 g/mol. The van der Waals surface area contributed by atoms with E-state index in [4.69, 9.17) is 9.57 Å². The van der Waals surface area contributed by atoms with E-state index in [-0.39, 0.29) is 11.7 Å². The zero-order valence-electron chi connectivity index (χ0n) is 13.5. The van der Waals surface area contributed by atoms with Crippen molar-refractivity contribution in [1.82, 2.24) is 0 Å². The molecule has 0 unspecified atom stereocenters. The summed E-state index contributed by atoms with van der Waals surface area (Å²) in [6.07, 6.45) is 0.928. The van der Waals surface area contributed by atoms with Gasteiger partial charge in [-0.25, -0.2) is 9.18 Å². The number of carbonyl (C=O) groups excluding carboxylic acids is 1. The molecule has 0 bridgehead atoms. The third-order valence-corrected chi connectivity index (χ3v) is 4.20. The average Bonchev–Trinajstić information content (AvgIpc) is 3.41. The van der Waals surface area contributed by atoms with E-state index in [0.29, 0.717) is 17.2 Å². The summed E-state index contributed by atoms with van der Waals surface area (Å²) < 4.78 is 18.0. The van der Waals surface area contributed by atoms with Crippen LogP contribution >= 0.6 is 0 Å². The molecule has 1 saturated carbocycles. The van der Waals surface area contributed by atoms with Crippen molar-refractivity contribution in [3.8, 4) is 5.75 Å². The van der Waals surface area contributed by atoms with Gasteiger partial charge in [0.1, 0.15) is 11.6 Å². The number of oxime groups is 1. The van der Waals surface area contributed by atoms with E-state index in [1.54, 1.807) is 36.4 Å². The number of carbonyl (C=O) groups is 1. The van der Waals surface area contributed by atoms with Gasteiger partial charge >= 0.3 is 5.97 Å². The smallest absolute Gasteiger partial charge is 0.365 e. The first-order valence-electron chi connectivity index (χ1n) is 7.74. The van der Waals surface area contributed by atoms with Gasteiger partial charge in [-0.05, 0) is 55.2 Å². The van der Waals surface area contributed by atoms with Crippen LogP contribution < -0.4 is 4.74 Å². The van der Waals surface area contributed by atoms with Crippen molar-refractivity contribution in [3.63, 3.8) is 0 Å². The van der Waals surface area contributed by atoms with Gasteiger partial charge in [0.05, 0.1) is 18.4 Å². The lowest BCUT2D eigenvalue weighted by molar-refractivity contribution is 0.0514. The zero-order valence-corrected chi connectivity index (χ0v) is 13.5. The van der Waals surface area contributed by atoms with Gasteiger partial charge in [-0.1, -0.05) is 23.4 Å². The van der Waals surface area contributed by atoms with Gasteiger partial charge in [-0.2, -0.15) is 0 Å². The largest absolute Gasteiger partial charge is 0.497 e. The molecule has 0 N–H and O–H groups in total. The number of hydrogen-bond acceptors (Lipinski definition) is 4. The highest BCUT2D eigenvalue weighted by molar-refractivity contribution is 5.92. The molecule has 124 valence electrons. The summed E-state index contributed by atoms with van der Waals surface area (Å²) in [5.74, 6) is 0.364. The van der Waals surface area contributed by atoms with Crippen LogP contribution in [0, 0.1) is 11.7 Å². The lowest BCUT2D eigenvalue weighted by Gasteiger charge is -2.03. The Morgan fingerprint density at radius 3 is 2.67 bits per heavy atom. The highest BCUT2D eigenvalue weighted by atomic mass is 19.1. The summed E-state index contributed by atoms with van der Waals surface area (Å²) in [4.78, 5) is 17.1. The van der Waals surface area contributed by atoms with Crippen LogP contribution in [0.3, 0.4) is 0 Å². The standard InChI is InChI=1S/C19H18FNO3/c1-12(17-11-18(17)13-6-8-15(20)9-7-13)21-24-19(22)14-4-3-5-16(10-14)23-2/h3-10,17-18H,11H2,1-2H3/b21-12-/t17-,18-/m0/s1. The molecule has 3 rings (SSSR count). The van der Waals surface area contributed by atoms with E-state index in [9.17, 15) is 9.18 Å². The van der Waals surface area contributed by atoms with Crippen molar-refractivity contribution < 1.29 is 18.8 Å². The molecule has 0 heterocycles. The van der Waals surface area contributed by atoms with Crippen LogP contribution in [0.1, 0.15) is 35.2 Å². The number of hydrogen-bond donors (Lipinski definition) is 0. The summed E-state index contributed by atoms with van der Waals surface area (Å²) >= 11 is 0. The van der Waals surface area contributed by atoms with Crippen LogP contribution in [-0.2, 0) is 4.84 Å². The van der Waals surface area contributed by atoms with Gasteiger partial charge in [-0.15, -0.1) is 0 Å². The lowest BCUT2D eigenvalue weighted by Crippen LogP contribution is -2.05. The normalized spacial score (nSPS) is 19.7. The summed E-state index contributed by atoms with van der Waals surface area (Å²) in [5.41, 5.74) is 2.23. The van der Waals surface area contributed by atoms with Gasteiger partial charge in [0.2, 0.25) is 0 Å². The third kappa shape index (κ3) is 3.62. The highest BCUT2D eigenvalue weighted by Crippen LogP contribution is 2.48. The van der Waals surface area contributed by atoms with Gasteiger partial charge in [0.15, 0.2) is 0 Å². The number of ether oxygens (including phenoxy) is 1. The van der Waals surface area contributed by atoms with Crippen molar-refractivity contribution in [1.29, 1.82) is 0 Å². The molecule has 24 heavy (non-hydrogen) atoms. The number of halogens is 1. The van der Waals surface area contributed by atoms with Crippen LogP contribution in [0.2, 0.25) is 0 Å². The third-order valence-electron chi connectivity index (χ3n) is 4.20. The molecule has 2 atom stereocenters. The minimum absolute atomic E-state index is 0.230. The Morgan fingerprint density at radius 1 is 1.21 bits per heavy atom. The fraction of sp³-hybridized carbons (Fsp3) is 0.263. The van der Waals surface area contributed by atoms with Crippen molar-refractivity contribution in [2.75, 3.05) is 7.11 Å². The van der Waals surface area contributed by atoms with Crippen molar-refractivity contribution in [2.24, 2.45) is 11.1 Å². The Hall–Kier alpha value is -2.69. The van der Waals surface area contributed by atoms with Gasteiger partial charge in [0, 0.05) is 5.92 Å². The Labute approximate surface area is 139 Å². The van der Waals surface area contributed by atoms with Crippen molar-refractivity contribution in [2.45, 2.75) is 19.3 Å². The van der Waals surface area contributed by atoms with E-state index >= 15 is 0 Å². The Kier molecular flexibility index (Phi) is 4.60. The second-order valence-electron chi connectivity index (χ2n) is 5.84. The maximum Gasteiger partial charge on any atom is 0.365 e. The topological polar surface area (TPSA) is 47.9 Å². The predicted octanol–water partition coefficient (Wildman–Crippen LogP) is 4.17. The Bertz CT molecular complexity index is 770. The van der Waals surface area contributed by atoms with E-state index in [1.807, 2.05) is 6.92 Å². The quantitative estimate of drug-likeness (QED) is 0.470. The van der Waals surface area contributed by atoms with E-state index in [1.165, 1.54) is 19.2 Å². The van der Waals surface area contributed by atoms with Crippen LogP contribution in [0.4, 0.5) is 4.39 Å². The molecular formula is C19H18FNO3. The predicted molar refractivity (Wildman–Crippen MR) is 88.8 cm³/mol. The molecule has 0 amide bonds. The number of nitrogens with zero attached hydrogens (tertiary/aromatic N) is 1. The Balaban J connectivity index is 1.60. The van der Waals surface area contributed by atoms with E-state index in [2.05, 4.69) is 5.16 Å². The molecule has 0 aromatic heterocycles. The first-order valence-corrected chi connectivity index (χ1v) is 7.74. The Morgan fingerprint density at radius 2 is 1.96 bits per heavy atom. The minimum Gasteiger partial charge on any atom is -0.497 e. The van der Waals surface area contributed by atoms with Gasteiger partial charge < -0.3 is 9.57 Å². The lowest BCUT2D eigenvalue weighted by atomic mass is 10.1. The molecule has 5 heteroatoms. The molecular weight excluding hydrogens is 309 g/mol. The molecule has 0 radical (unpaired) electrons. The van der Waals surface area contributed by atoms with E-state index in [0.717, 1.165) is 17.7 Å². The SMILES string of the molecule is COc1cccc(C(=O)O/N=C(/C)[C@@H]2C[C@H]2c2ccc(F)cc2)c1. The summed E-state index contributed by atoms with van der Waals surface area (Å²) in [7, 11) is 1.54. The van der Waals surface area contributed by atoms with Crippen LogP contribution in [0.15, 0.2) is 53.7 Å². The minimum atomic E-state index is -0.521. The summed E-state index contributed by atoms with van der Waals surface area (Å²) in [5, 5.41) is 3.96. The van der Waals surface area contributed by atoms with Gasteiger partial charge in [0.25, 0.3) is 0 Å². The molecule has 4 nitrogen and oxygen atoms in total.